The second kappa shape index (κ2) is 11.4. The first-order valence-electron chi connectivity index (χ1n) is 10.7. The molecule has 2 heterocycles. The predicted molar refractivity (Wildman–Crippen MR) is 123 cm³/mol. The molecule has 168 valence electrons. The minimum absolute atomic E-state index is 0.0194. The molecule has 1 fully saturated rings. The van der Waals surface area contributed by atoms with Crippen molar-refractivity contribution in [3.05, 3.63) is 45.1 Å². The molecular formula is C23H29ClN2O4S. The number of carbonyl (C=O) groups excluding carboxylic acids is 2. The molecule has 0 atom stereocenters. The van der Waals surface area contributed by atoms with Crippen molar-refractivity contribution in [1.82, 2.24) is 9.80 Å². The zero-order valence-corrected chi connectivity index (χ0v) is 19.6. The molecular weight excluding hydrogens is 436 g/mol. The number of ether oxygens (including phenoxy) is 2. The number of amides is 2. The van der Waals surface area contributed by atoms with Crippen molar-refractivity contribution in [3.8, 4) is 11.5 Å². The lowest BCUT2D eigenvalue weighted by Crippen LogP contribution is -2.38. The van der Waals surface area contributed by atoms with Crippen molar-refractivity contribution in [1.29, 1.82) is 0 Å². The third-order valence-electron chi connectivity index (χ3n) is 5.19. The number of halogens is 1. The van der Waals surface area contributed by atoms with Crippen LogP contribution in [0, 0.1) is 0 Å². The Morgan fingerprint density at radius 3 is 2.48 bits per heavy atom. The molecule has 0 aliphatic carbocycles. The number of thiophene rings is 1. The molecule has 6 nitrogen and oxygen atoms in total. The number of piperidine rings is 1. The van der Waals surface area contributed by atoms with Crippen LogP contribution in [0.15, 0.2) is 30.3 Å². The Morgan fingerprint density at radius 2 is 1.84 bits per heavy atom. The molecule has 1 aromatic carbocycles. The Labute approximate surface area is 192 Å². The normalized spacial score (nSPS) is 13.7. The zero-order chi connectivity index (χ0) is 22.2. The molecule has 1 aliphatic rings. The van der Waals surface area contributed by atoms with Gasteiger partial charge in [-0.2, -0.15) is 0 Å². The second-order valence-corrected chi connectivity index (χ2v) is 9.15. The van der Waals surface area contributed by atoms with E-state index in [1.54, 1.807) is 23.1 Å². The van der Waals surface area contributed by atoms with Crippen LogP contribution >= 0.6 is 22.9 Å². The molecule has 2 aromatic rings. The van der Waals surface area contributed by atoms with Gasteiger partial charge in [0, 0.05) is 30.1 Å². The Morgan fingerprint density at radius 1 is 1.06 bits per heavy atom. The Kier molecular flexibility index (Phi) is 8.60. The summed E-state index contributed by atoms with van der Waals surface area (Å²) in [7, 11) is 0. The summed E-state index contributed by atoms with van der Waals surface area (Å²) in [6, 6.07) is 8.89. The molecule has 3 rings (SSSR count). The smallest absolute Gasteiger partial charge is 0.260 e. The van der Waals surface area contributed by atoms with E-state index in [-0.39, 0.29) is 18.4 Å². The molecule has 2 amide bonds. The van der Waals surface area contributed by atoms with Gasteiger partial charge in [0.25, 0.3) is 11.8 Å². The number of hydrogen-bond acceptors (Lipinski definition) is 5. The largest absolute Gasteiger partial charge is 0.490 e. The third kappa shape index (κ3) is 6.37. The van der Waals surface area contributed by atoms with Crippen molar-refractivity contribution in [2.45, 2.75) is 39.7 Å². The zero-order valence-electron chi connectivity index (χ0n) is 18.1. The highest BCUT2D eigenvalue weighted by Crippen LogP contribution is 2.30. The summed E-state index contributed by atoms with van der Waals surface area (Å²) in [6.45, 7) is 6.86. The SMILES string of the molecule is CCOc1cc(C(=O)N(CC)Cc2ccc(Cl)s2)ccc1OCC(=O)N1CCCCC1. The minimum Gasteiger partial charge on any atom is -0.490 e. The van der Waals surface area contributed by atoms with Crippen LogP contribution in [0.25, 0.3) is 0 Å². The van der Waals surface area contributed by atoms with Crippen molar-refractivity contribution < 1.29 is 19.1 Å². The van der Waals surface area contributed by atoms with Gasteiger partial charge in [-0.3, -0.25) is 9.59 Å². The molecule has 0 bridgehead atoms. The van der Waals surface area contributed by atoms with E-state index < -0.39 is 0 Å². The summed E-state index contributed by atoms with van der Waals surface area (Å²) in [5.74, 6) is 0.824. The molecule has 1 aromatic heterocycles. The maximum Gasteiger partial charge on any atom is 0.260 e. The summed E-state index contributed by atoms with van der Waals surface area (Å²) < 4.78 is 12.2. The van der Waals surface area contributed by atoms with E-state index in [4.69, 9.17) is 21.1 Å². The van der Waals surface area contributed by atoms with Gasteiger partial charge in [-0.25, -0.2) is 0 Å². The number of hydrogen-bond donors (Lipinski definition) is 0. The first kappa shape index (κ1) is 23.4. The summed E-state index contributed by atoms with van der Waals surface area (Å²) in [5.41, 5.74) is 0.516. The Balaban J connectivity index is 1.69. The van der Waals surface area contributed by atoms with Gasteiger partial charge in [-0.05, 0) is 63.4 Å². The molecule has 0 spiro atoms. The number of rotatable bonds is 9. The first-order valence-corrected chi connectivity index (χ1v) is 11.9. The van der Waals surface area contributed by atoms with Gasteiger partial charge in [0.2, 0.25) is 0 Å². The van der Waals surface area contributed by atoms with Crippen molar-refractivity contribution >= 4 is 34.8 Å². The fourth-order valence-corrected chi connectivity index (χ4v) is 4.64. The number of benzene rings is 1. The van der Waals surface area contributed by atoms with Crippen LogP contribution in [-0.2, 0) is 11.3 Å². The van der Waals surface area contributed by atoms with Gasteiger partial charge in [0.15, 0.2) is 18.1 Å². The first-order chi connectivity index (χ1) is 15.0. The lowest BCUT2D eigenvalue weighted by molar-refractivity contribution is -0.134. The highest BCUT2D eigenvalue weighted by atomic mass is 35.5. The van der Waals surface area contributed by atoms with Crippen molar-refractivity contribution in [3.63, 3.8) is 0 Å². The van der Waals surface area contributed by atoms with Crippen molar-refractivity contribution in [2.24, 2.45) is 0 Å². The molecule has 8 heteroatoms. The van der Waals surface area contributed by atoms with Gasteiger partial charge < -0.3 is 19.3 Å². The number of carbonyl (C=O) groups is 2. The average molecular weight is 465 g/mol. The minimum atomic E-state index is -0.0936. The Bertz CT molecular complexity index is 895. The van der Waals surface area contributed by atoms with Crippen LogP contribution in [-0.4, -0.2) is 54.5 Å². The fourth-order valence-electron chi connectivity index (χ4n) is 3.54. The summed E-state index contributed by atoms with van der Waals surface area (Å²) in [6.07, 6.45) is 3.25. The van der Waals surface area contributed by atoms with Crippen molar-refractivity contribution in [2.75, 3.05) is 32.8 Å². The van der Waals surface area contributed by atoms with Gasteiger partial charge in [0.1, 0.15) is 0 Å². The summed E-state index contributed by atoms with van der Waals surface area (Å²) >= 11 is 7.49. The Hall–Kier alpha value is -2.25. The molecule has 1 saturated heterocycles. The maximum absolute atomic E-state index is 13.1. The summed E-state index contributed by atoms with van der Waals surface area (Å²) in [5, 5.41) is 0. The molecule has 0 N–H and O–H groups in total. The molecule has 31 heavy (non-hydrogen) atoms. The van der Waals surface area contributed by atoms with Gasteiger partial charge in [0.05, 0.1) is 17.5 Å². The number of nitrogens with zero attached hydrogens (tertiary/aromatic N) is 2. The van der Waals surface area contributed by atoms with E-state index in [2.05, 4.69) is 0 Å². The highest BCUT2D eigenvalue weighted by Gasteiger charge is 2.20. The molecule has 0 unspecified atom stereocenters. The van der Waals surface area contributed by atoms with E-state index in [1.165, 1.54) is 17.8 Å². The van der Waals surface area contributed by atoms with Gasteiger partial charge >= 0.3 is 0 Å². The van der Waals surface area contributed by atoms with E-state index in [9.17, 15) is 9.59 Å². The molecule has 1 aliphatic heterocycles. The average Bonchev–Trinajstić information content (AvgIpc) is 3.21. The standard InChI is InChI=1S/C23H29ClN2O4S/c1-3-25(15-18-9-11-21(24)31-18)23(28)17-8-10-19(20(14-17)29-4-2)30-16-22(27)26-12-6-5-7-13-26/h8-11,14H,3-7,12-13,15-16H2,1-2H3. The maximum atomic E-state index is 13.1. The molecule has 0 radical (unpaired) electrons. The predicted octanol–water partition coefficient (Wildman–Crippen LogP) is 4.85. The quantitative estimate of drug-likeness (QED) is 0.532. The number of likely N-dealkylation sites (tertiary alicyclic amines) is 1. The van der Waals surface area contributed by atoms with Crippen LogP contribution in [0.5, 0.6) is 11.5 Å². The van der Waals surface area contributed by atoms with Crippen LogP contribution < -0.4 is 9.47 Å². The highest BCUT2D eigenvalue weighted by molar-refractivity contribution is 7.16. The van der Waals surface area contributed by atoms with Crippen LogP contribution in [0.3, 0.4) is 0 Å². The van der Waals surface area contributed by atoms with Crippen LogP contribution in [0.2, 0.25) is 4.34 Å². The van der Waals surface area contributed by atoms with E-state index >= 15 is 0 Å². The topological polar surface area (TPSA) is 59.1 Å². The van der Waals surface area contributed by atoms with Crippen LogP contribution in [0.1, 0.15) is 48.3 Å². The third-order valence-corrected chi connectivity index (χ3v) is 6.41. The lowest BCUT2D eigenvalue weighted by Gasteiger charge is -2.26. The van der Waals surface area contributed by atoms with Crippen LogP contribution in [0.4, 0.5) is 0 Å². The van der Waals surface area contributed by atoms with E-state index in [0.29, 0.717) is 41.1 Å². The van der Waals surface area contributed by atoms with Gasteiger partial charge in [-0.1, -0.05) is 11.6 Å². The second-order valence-electron chi connectivity index (χ2n) is 7.35. The fraction of sp³-hybridized carbons (Fsp3) is 0.478. The lowest BCUT2D eigenvalue weighted by atomic mass is 10.1. The van der Waals surface area contributed by atoms with Gasteiger partial charge in [-0.15, -0.1) is 11.3 Å². The summed E-state index contributed by atoms with van der Waals surface area (Å²) in [4.78, 5) is 30.1. The monoisotopic (exact) mass is 464 g/mol. The molecule has 0 saturated carbocycles. The van der Waals surface area contributed by atoms with E-state index in [1.807, 2.05) is 30.9 Å². The van der Waals surface area contributed by atoms with E-state index in [0.717, 1.165) is 30.8 Å².